The molecule has 1 N–H and O–H groups in total. The molecule has 1 aromatic heterocycles. The molecule has 1 atom stereocenters. The molecule has 128 valence electrons. The fourth-order valence-electron chi connectivity index (χ4n) is 2.93. The van der Waals surface area contributed by atoms with Crippen molar-refractivity contribution in [1.29, 1.82) is 0 Å². The predicted octanol–water partition coefficient (Wildman–Crippen LogP) is 2.51. The van der Waals surface area contributed by atoms with E-state index >= 15 is 0 Å². The van der Waals surface area contributed by atoms with Gasteiger partial charge in [0, 0.05) is 25.8 Å². The summed E-state index contributed by atoms with van der Waals surface area (Å²) in [5.41, 5.74) is 3.35. The summed E-state index contributed by atoms with van der Waals surface area (Å²) in [6, 6.07) is 6.18. The number of benzene rings is 1. The van der Waals surface area contributed by atoms with Gasteiger partial charge in [0.05, 0.1) is 36.0 Å². The molecule has 7 heteroatoms. The van der Waals surface area contributed by atoms with E-state index in [1.807, 2.05) is 6.07 Å². The highest BCUT2D eigenvalue weighted by Crippen LogP contribution is 2.19. The summed E-state index contributed by atoms with van der Waals surface area (Å²) in [4.78, 5) is 13.1. The van der Waals surface area contributed by atoms with Gasteiger partial charge in [-0.3, -0.25) is 9.69 Å². The summed E-state index contributed by atoms with van der Waals surface area (Å²) < 4.78 is 7.27. The molecule has 1 saturated heterocycles. The molecule has 0 bridgehead atoms. The molecule has 0 radical (unpaired) electrons. The van der Waals surface area contributed by atoms with Crippen molar-refractivity contribution >= 4 is 17.6 Å². The lowest BCUT2D eigenvalue weighted by molar-refractivity contribution is -0.142. The third-order valence-corrected chi connectivity index (χ3v) is 4.36. The molecular formula is C17H20ClN3O3. The van der Waals surface area contributed by atoms with Gasteiger partial charge in [0.15, 0.2) is 0 Å². The van der Waals surface area contributed by atoms with Crippen molar-refractivity contribution in [3.63, 3.8) is 0 Å². The zero-order chi connectivity index (χ0) is 17.1. The Hall–Kier alpha value is -1.89. The van der Waals surface area contributed by atoms with E-state index in [4.69, 9.17) is 21.4 Å². The van der Waals surface area contributed by atoms with Gasteiger partial charge in [-0.25, -0.2) is 4.68 Å². The Balaban J connectivity index is 1.68. The number of carboxylic acid groups (broad SMARTS) is 1. The number of morpholine rings is 1. The van der Waals surface area contributed by atoms with Gasteiger partial charge >= 0.3 is 5.97 Å². The van der Waals surface area contributed by atoms with E-state index in [1.165, 1.54) is 11.1 Å². The third-order valence-electron chi connectivity index (χ3n) is 4.16. The number of hydrogen-bond acceptors (Lipinski definition) is 4. The summed E-state index contributed by atoms with van der Waals surface area (Å²) >= 11 is 5.92. The molecule has 2 aromatic rings. The number of aromatic nitrogens is 2. The second-order valence-electron chi connectivity index (χ2n) is 6.04. The first-order chi connectivity index (χ1) is 11.5. The first kappa shape index (κ1) is 17.0. The molecule has 1 aliphatic rings. The van der Waals surface area contributed by atoms with Crippen LogP contribution in [0.15, 0.2) is 30.6 Å². The van der Waals surface area contributed by atoms with Gasteiger partial charge in [0.25, 0.3) is 0 Å². The first-order valence-corrected chi connectivity index (χ1v) is 8.25. The maximum absolute atomic E-state index is 10.8. The van der Waals surface area contributed by atoms with Crippen LogP contribution in [0.3, 0.4) is 0 Å². The molecule has 0 saturated carbocycles. The fourth-order valence-corrected chi connectivity index (χ4v) is 3.06. The van der Waals surface area contributed by atoms with Crippen molar-refractivity contribution in [3.05, 3.63) is 46.7 Å². The Labute approximate surface area is 145 Å². The van der Waals surface area contributed by atoms with Crippen LogP contribution < -0.4 is 0 Å². The Kier molecular flexibility index (Phi) is 5.18. The number of carbonyl (C=O) groups is 1. The number of hydrogen-bond donors (Lipinski definition) is 1. The number of nitrogens with zero attached hydrogens (tertiary/aromatic N) is 3. The van der Waals surface area contributed by atoms with Gasteiger partial charge < -0.3 is 9.84 Å². The van der Waals surface area contributed by atoms with Gasteiger partial charge in [-0.15, -0.1) is 0 Å². The Bertz CT molecular complexity index is 732. The van der Waals surface area contributed by atoms with E-state index in [9.17, 15) is 4.79 Å². The lowest BCUT2D eigenvalue weighted by atomic mass is 10.1. The topological polar surface area (TPSA) is 67.6 Å². The van der Waals surface area contributed by atoms with Gasteiger partial charge in [0.2, 0.25) is 0 Å². The van der Waals surface area contributed by atoms with E-state index in [1.54, 1.807) is 17.1 Å². The smallest absolute Gasteiger partial charge is 0.306 e. The average molecular weight is 350 g/mol. The van der Waals surface area contributed by atoms with Crippen molar-refractivity contribution in [2.75, 3.05) is 19.7 Å². The number of ether oxygens (including phenoxy) is 1. The minimum atomic E-state index is -0.819. The number of halogens is 1. The van der Waals surface area contributed by atoms with Crippen molar-refractivity contribution in [1.82, 2.24) is 14.7 Å². The minimum absolute atomic E-state index is 0.0501. The summed E-state index contributed by atoms with van der Waals surface area (Å²) in [6.07, 6.45) is 3.20. The van der Waals surface area contributed by atoms with Crippen molar-refractivity contribution < 1.29 is 14.6 Å². The Morgan fingerprint density at radius 1 is 1.50 bits per heavy atom. The number of carboxylic acids is 1. The summed E-state index contributed by atoms with van der Waals surface area (Å²) in [5.74, 6) is -0.819. The second kappa shape index (κ2) is 7.34. The fraction of sp³-hybridized carbons (Fsp3) is 0.412. The van der Waals surface area contributed by atoms with E-state index in [-0.39, 0.29) is 12.5 Å². The molecular weight excluding hydrogens is 330 g/mol. The van der Waals surface area contributed by atoms with E-state index in [0.29, 0.717) is 18.2 Å². The highest BCUT2D eigenvalue weighted by molar-refractivity contribution is 6.30. The summed E-state index contributed by atoms with van der Waals surface area (Å²) in [6.45, 7) is 4.87. The maximum Gasteiger partial charge on any atom is 0.306 e. The van der Waals surface area contributed by atoms with Crippen LogP contribution in [0.4, 0.5) is 0 Å². The van der Waals surface area contributed by atoms with Crippen LogP contribution in [-0.4, -0.2) is 51.6 Å². The Morgan fingerprint density at radius 3 is 3.00 bits per heavy atom. The molecule has 0 amide bonds. The largest absolute Gasteiger partial charge is 0.481 e. The standard InChI is InChI=1S/C17H20ClN3O3/c1-12-6-15(21-10-14(18)8-19-21)3-2-13(12)9-20-4-5-24-16(11-20)7-17(22)23/h2-3,6,8,10,16H,4-5,7,9,11H2,1H3,(H,22,23). The zero-order valence-corrected chi connectivity index (χ0v) is 14.2. The molecule has 2 heterocycles. The van der Waals surface area contributed by atoms with E-state index in [2.05, 4.69) is 29.1 Å². The highest BCUT2D eigenvalue weighted by Gasteiger charge is 2.23. The molecule has 0 aliphatic carbocycles. The summed E-state index contributed by atoms with van der Waals surface area (Å²) in [7, 11) is 0. The van der Waals surface area contributed by atoms with Crippen LogP contribution in [0.25, 0.3) is 5.69 Å². The zero-order valence-electron chi connectivity index (χ0n) is 13.5. The average Bonchev–Trinajstić information content (AvgIpc) is 2.95. The van der Waals surface area contributed by atoms with Crippen molar-refractivity contribution in [3.8, 4) is 5.69 Å². The van der Waals surface area contributed by atoms with Gasteiger partial charge in [-0.05, 0) is 30.2 Å². The predicted molar refractivity (Wildman–Crippen MR) is 90.6 cm³/mol. The lowest BCUT2D eigenvalue weighted by Crippen LogP contribution is -2.42. The number of aliphatic carboxylic acids is 1. The molecule has 1 fully saturated rings. The van der Waals surface area contributed by atoms with Crippen molar-refractivity contribution in [2.45, 2.75) is 26.0 Å². The van der Waals surface area contributed by atoms with Gasteiger partial charge in [-0.2, -0.15) is 5.10 Å². The summed E-state index contributed by atoms with van der Waals surface area (Å²) in [5, 5.41) is 13.7. The second-order valence-corrected chi connectivity index (χ2v) is 6.48. The molecule has 1 aliphatic heterocycles. The quantitative estimate of drug-likeness (QED) is 0.898. The molecule has 1 aromatic carbocycles. The van der Waals surface area contributed by atoms with Crippen LogP contribution >= 0.6 is 11.6 Å². The Morgan fingerprint density at radius 2 is 2.33 bits per heavy atom. The van der Waals surface area contributed by atoms with E-state index < -0.39 is 5.97 Å². The van der Waals surface area contributed by atoms with Crippen LogP contribution in [0, 0.1) is 6.92 Å². The maximum atomic E-state index is 10.8. The van der Waals surface area contributed by atoms with E-state index in [0.717, 1.165) is 18.8 Å². The highest BCUT2D eigenvalue weighted by atomic mass is 35.5. The van der Waals surface area contributed by atoms with Crippen LogP contribution in [0.1, 0.15) is 17.5 Å². The number of aryl methyl sites for hydroxylation is 1. The molecule has 0 spiro atoms. The van der Waals surface area contributed by atoms with Gasteiger partial charge in [0.1, 0.15) is 0 Å². The normalized spacial score (nSPS) is 18.7. The third kappa shape index (κ3) is 4.14. The first-order valence-electron chi connectivity index (χ1n) is 7.87. The number of rotatable bonds is 5. The van der Waals surface area contributed by atoms with Crippen molar-refractivity contribution in [2.24, 2.45) is 0 Å². The van der Waals surface area contributed by atoms with Crippen LogP contribution in [0.2, 0.25) is 5.02 Å². The SMILES string of the molecule is Cc1cc(-n2cc(Cl)cn2)ccc1CN1CCOC(CC(=O)O)C1. The van der Waals surface area contributed by atoms with Gasteiger partial charge in [-0.1, -0.05) is 17.7 Å². The minimum Gasteiger partial charge on any atom is -0.481 e. The molecule has 1 unspecified atom stereocenters. The molecule has 24 heavy (non-hydrogen) atoms. The van der Waals surface area contributed by atoms with Crippen LogP contribution in [0.5, 0.6) is 0 Å². The molecule has 6 nitrogen and oxygen atoms in total. The van der Waals surface area contributed by atoms with Crippen LogP contribution in [-0.2, 0) is 16.1 Å². The lowest BCUT2D eigenvalue weighted by Gasteiger charge is -2.32. The molecule has 3 rings (SSSR count). The monoisotopic (exact) mass is 349 g/mol.